The predicted molar refractivity (Wildman–Crippen MR) is 88.9 cm³/mol. The second-order valence-corrected chi connectivity index (χ2v) is 7.11. The number of nitrogens with zero attached hydrogens (tertiary/aromatic N) is 2. The van der Waals surface area contributed by atoms with Crippen LogP contribution in [0, 0.1) is 0 Å². The zero-order valence-electron chi connectivity index (χ0n) is 15.4. The number of likely N-dealkylation sites (N-methyl/N-ethyl adjacent to an activating group) is 1. The molecule has 0 aromatic heterocycles. The van der Waals surface area contributed by atoms with Gasteiger partial charge in [0.15, 0.2) is 0 Å². The SMILES string of the molecule is CC(C)N(CCNC(=O)CN(C)C(=O)OC(C)(C)C)C(C)C. The minimum Gasteiger partial charge on any atom is -0.444 e. The van der Waals surface area contributed by atoms with Crippen LogP contribution in [-0.4, -0.2) is 66.2 Å². The smallest absolute Gasteiger partial charge is 0.410 e. The topological polar surface area (TPSA) is 61.9 Å². The van der Waals surface area contributed by atoms with Crippen LogP contribution in [0.5, 0.6) is 0 Å². The first kappa shape index (κ1) is 20.7. The van der Waals surface area contributed by atoms with Crippen molar-refractivity contribution < 1.29 is 14.3 Å². The molecule has 0 radical (unpaired) electrons. The van der Waals surface area contributed by atoms with E-state index in [-0.39, 0.29) is 12.5 Å². The Morgan fingerprint density at radius 2 is 1.59 bits per heavy atom. The van der Waals surface area contributed by atoms with Crippen LogP contribution in [0.1, 0.15) is 48.5 Å². The van der Waals surface area contributed by atoms with Crippen molar-refractivity contribution in [3.63, 3.8) is 0 Å². The number of carbonyl (C=O) groups excluding carboxylic acids is 2. The lowest BCUT2D eigenvalue weighted by molar-refractivity contribution is -0.122. The van der Waals surface area contributed by atoms with Gasteiger partial charge in [0.2, 0.25) is 5.91 Å². The highest BCUT2D eigenvalue weighted by atomic mass is 16.6. The zero-order chi connectivity index (χ0) is 17.5. The highest BCUT2D eigenvalue weighted by Crippen LogP contribution is 2.08. The van der Waals surface area contributed by atoms with Crippen LogP contribution in [-0.2, 0) is 9.53 Å². The fourth-order valence-electron chi connectivity index (χ4n) is 2.11. The number of hydrogen-bond acceptors (Lipinski definition) is 4. The first-order valence-corrected chi connectivity index (χ1v) is 7.90. The molecule has 0 rings (SSSR count). The summed E-state index contributed by atoms with van der Waals surface area (Å²) in [5.74, 6) is -0.180. The van der Waals surface area contributed by atoms with Gasteiger partial charge in [0.1, 0.15) is 12.1 Å². The lowest BCUT2D eigenvalue weighted by Gasteiger charge is -2.30. The number of nitrogens with one attached hydrogen (secondary N) is 1. The molecule has 130 valence electrons. The molecule has 2 amide bonds. The first-order valence-electron chi connectivity index (χ1n) is 7.90. The molecule has 0 aliphatic rings. The average molecular weight is 315 g/mol. The highest BCUT2D eigenvalue weighted by Gasteiger charge is 2.21. The van der Waals surface area contributed by atoms with E-state index in [0.717, 1.165) is 6.54 Å². The van der Waals surface area contributed by atoms with Crippen molar-refractivity contribution in [3.8, 4) is 0 Å². The third kappa shape index (κ3) is 8.87. The van der Waals surface area contributed by atoms with Crippen molar-refractivity contribution in [2.24, 2.45) is 0 Å². The number of carbonyl (C=O) groups is 2. The lowest BCUT2D eigenvalue weighted by atomic mass is 10.2. The molecule has 6 heteroatoms. The zero-order valence-corrected chi connectivity index (χ0v) is 15.4. The maximum Gasteiger partial charge on any atom is 0.410 e. The van der Waals surface area contributed by atoms with E-state index in [9.17, 15) is 9.59 Å². The van der Waals surface area contributed by atoms with Gasteiger partial charge in [0, 0.05) is 32.2 Å². The molecule has 0 heterocycles. The Kier molecular flexibility index (Phi) is 8.45. The Morgan fingerprint density at radius 3 is 2.00 bits per heavy atom. The van der Waals surface area contributed by atoms with Gasteiger partial charge in [-0.1, -0.05) is 0 Å². The lowest BCUT2D eigenvalue weighted by Crippen LogP contribution is -2.45. The van der Waals surface area contributed by atoms with Gasteiger partial charge in [0.05, 0.1) is 0 Å². The molecule has 0 aromatic carbocycles. The summed E-state index contributed by atoms with van der Waals surface area (Å²) < 4.78 is 5.20. The minimum atomic E-state index is -0.559. The molecule has 0 saturated carbocycles. The fraction of sp³-hybridized carbons (Fsp3) is 0.875. The van der Waals surface area contributed by atoms with Crippen LogP contribution in [0.25, 0.3) is 0 Å². The maximum absolute atomic E-state index is 11.9. The predicted octanol–water partition coefficient (Wildman–Crippen LogP) is 2.09. The summed E-state index contributed by atoms with van der Waals surface area (Å²) in [6.07, 6.45) is -0.492. The number of hydrogen-bond donors (Lipinski definition) is 1. The van der Waals surface area contributed by atoms with Crippen molar-refractivity contribution in [2.75, 3.05) is 26.7 Å². The molecular formula is C16H33N3O3. The molecule has 0 aliphatic heterocycles. The third-order valence-electron chi connectivity index (χ3n) is 3.10. The van der Waals surface area contributed by atoms with Gasteiger partial charge in [-0.15, -0.1) is 0 Å². The summed E-state index contributed by atoms with van der Waals surface area (Å²) >= 11 is 0. The van der Waals surface area contributed by atoms with Gasteiger partial charge < -0.3 is 15.0 Å². The van der Waals surface area contributed by atoms with Gasteiger partial charge in [-0.25, -0.2) is 4.79 Å². The van der Waals surface area contributed by atoms with Gasteiger partial charge in [-0.3, -0.25) is 9.69 Å². The molecule has 0 saturated heterocycles. The van der Waals surface area contributed by atoms with E-state index in [0.29, 0.717) is 18.6 Å². The number of rotatable bonds is 7. The van der Waals surface area contributed by atoms with Crippen LogP contribution in [0.2, 0.25) is 0 Å². The fourth-order valence-corrected chi connectivity index (χ4v) is 2.11. The standard InChI is InChI=1S/C16H33N3O3/c1-12(2)19(13(3)4)10-9-17-14(20)11-18(8)15(21)22-16(5,6)7/h12-13H,9-11H2,1-8H3,(H,17,20). The van der Waals surface area contributed by atoms with Crippen molar-refractivity contribution >= 4 is 12.0 Å². The molecule has 22 heavy (non-hydrogen) atoms. The Bertz CT molecular complexity index is 354. The minimum absolute atomic E-state index is 0.00172. The molecule has 0 unspecified atom stereocenters. The van der Waals surface area contributed by atoms with Crippen molar-refractivity contribution in [1.29, 1.82) is 0 Å². The van der Waals surface area contributed by atoms with Gasteiger partial charge >= 0.3 is 6.09 Å². The summed E-state index contributed by atoms with van der Waals surface area (Å²) in [7, 11) is 1.56. The van der Waals surface area contributed by atoms with E-state index in [2.05, 4.69) is 37.9 Å². The normalized spacial score (nSPS) is 12.0. The van der Waals surface area contributed by atoms with Gasteiger partial charge in [-0.05, 0) is 48.5 Å². The second-order valence-electron chi connectivity index (χ2n) is 7.11. The van der Waals surface area contributed by atoms with E-state index in [1.165, 1.54) is 4.90 Å². The van der Waals surface area contributed by atoms with Crippen molar-refractivity contribution in [1.82, 2.24) is 15.1 Å². The molecule has 0 fully saturated rings. The molecule has 0 atom stereocenters. The molecule has 0 spiro atoms. The van der Waals surface area contributed by atoms with Gasteiger partial charge in [0.25, 0.3) is 0 Å². The molecular weight excluding hydrogens is 282 g/mol. The summed E-state index contributed by atoms with van der Waals surface area (Å²) in [5.41, 5.74) is -0.559. The summed E-state index contributed by atoms with van der Waals surface area (Å²) in [6.45, 7) is 15.3. The van der Waals surface area contributed by atoms with E-state index >= 15 is 0 Å². The summed E-state index contributed by atoms with van der Waals surface area (Å²) in [6, 6.07) is 0.864. The van der Waals surface area contributed by atoms with Gasteiger partial charge in [-0.2, -0.15) is 0 Å². The average Bonchev–Trinajstić information content (AvgIpc) is 2.31. The monoisotopic (exact) mass is 315 g/mol. The quantitative estimate of drug-likeness (QED) is 0.781. The third-order valence-corrected chi connectivity index (χ3v) is 3.10. The number of amides is 2. The van der Waals surface area contributed by atoms with Crippen molar-refractivity contribution in [2.45, 2.75) is 66.2 Å². The van der Waals surface area contributed by atoms with Crippen LogP contribution in [0.3, 0.4) is 0 Å². The number of ether oxygens (including phenoxy) is 1. The van der Waals surface area contributed by atoms with Crippen LogP contribution in [0.4, 0.5) is 4.79 Å². The van der Waals surface area contributed by atoms with E-state index in [1.54, 1.807) is 27.8 Å². The molecule has 6 nitrogen and oxygen atoms in total. The van der Waals surface area contributed by atoms with E-state index in [1.807, 2.05) is 0 Å². The Hall–Kier alpha value is -1.30. The largest absolute Gasteiger partial charge is 0.444 e. The van der Waals surface area contributed by atoms with Crippen LogP contribution < -0.4 is 5.32 Å². The molecule has 1 N–H and O–H groups in total. The molecule has 0 aliphatic carbocycles. The van der Waals surface area contributed by atoms with Crippen LogP contribution in [0.15, 0.2) is 0 Å². The molecule has 0 bridgehead atoms. The van der Waals surface area contributed by atoms with Crippen molar-refractivity contribution in [3.05, 3.63) is 0 Å². The summed E-state index contributed by atoms with van der Waals surface area (Å²) in [5, 5.41) is 2.84. The maximum atomic E-state index is 11.9. The first-order chi connectivity index (χ1) is 9.94. The summed E-state index contributed by atoms with van der Waals surface area (Å²) in [4.78, 5) is 27.2. The Balaban J connectivity index is 4.16. The molecule has 0 aromatic rings. The Labute approximate surface area is 135 Å². The Morgan fingerprint density at radius 1 is 1.09 bits per heavy atom. The van der Waals surface area contributed by atoms with E-state index < -0.39 is 11.7 Å². The van der Waals surface area contributed by atoms with Crippen LogP contribution >= 0.6 is 0 Å². The van der Waals surface area contributed by atoms with E-state index in [4.69, 9.17) is 4.74 Å². The highest BCUT2D eigenvalue weighted by molar-refractivity contribution is 5.82. The second kappa shape index (κ2) is 8.98.